The monoisotopic (exact) mass is 317 g/mol. The minimum absolute atomic E-state index is 0.0626. The molecule has 4 nitrogen and oxygen atoms in total. The summed E-state index contributed by atoms with van der Waals surface area (Å²) in [7, 11) is 0. The average molecular weight is 318 g/mol. The molecule has 1 unspecified atom stereocenters. The Morgan fingerprint density at radius 3 is 2.78 bits per heavy atom. The fraction of sp³-hybridized carbons (Fsp3) is 0.333. The van der Waals surface area contributed by atoms with Crippen LogP contribution in [0.2, 0.25) is 0 Å². The van der Waals surface area contributed by atoms with Crippen molar-refractivity contribution in [3.63, 3.8) is 0 Å². The molecule has 0 spiro atoms. The van der Waals surface area contributed by atoms with Crippen molar-refractivity contribution in [2.45, 2.75) is 13.3 Å². The molecule has 0 heterocycles. The highest BCUT2D eigenvalue weighted by atomic mass is 79.9. The number of carboxylic acid groups (broad SMARTS) is 1. The standard InChI is InChI=1S/C12H13BrFNO3/c1-7(12(17)18)5-6-15-11(16)8-3-2-4-9(13)10(8)14/h2-4,7H,5-6H2,1H3,(H,15,16)(H,17,18). The molecular formula is C12H13BrFNO3. The second-order valence-electron chi connectivity index (χ2n) is 3.89. The Labute approximate surface area is 112 Å². The van der Waals surface area contributed by atoms with Crippen LogP contribution in [0.5, 0.6) is 0 Å². The summed E-state index contributed by atoms with van der Waals surface area (Å²) in [6, 6.07) is 4.43. The van der Waals surface area contributed by atoms with Crippen molar-refractivity contribution in [2.24, 2.45) is 5.92 Å². The van der Waals surface area contributed by atoms with E-state index in [-0.39, 0.29) is 16.6 Å². The van der Waals surface area contributed by atoms with Crippen molar-refractivity contribution in [1.82, 2.24) is 5.32 Å². The number of amides is 1. The van der Waals surface area contributed by atoms with E-state index in [1.807, 2.05) is 0 Å². The Kier molecular flexibility index (Phi) is 5.27. The Morgan fingerprint density at radius 1 is 1.50 bits per heavy atom. The molecule has 0 radical (unpaired) electrons. The Bertz CT molecular complexity index is 465. The van der Waals surface area contributed by atoms with E-state index in [2.05, 4.69) is 21.2 Å². The first kappa shape index (κ1) is 14.6. The fourth-order valence-corrected chi connectivity index (χ4v) is 1.67. The molecule has 1 amide bonds. The number of carboxylic acids is 1. The third-order valence-electron chi connectivity index (χ3n) is 2.48. The number of benzene rings is 1. The molecule has 1 atom stereocenters. The molecular weight excluding hydrogens is 305 g/mol. The van der Waals surface area contributed by atoms with Crippen LogP contribution in [0.15, 0.2) is 22.7 Å². The molecule has 0 aliphatic rings. The molecule has 1 aromatic rings. The first-order valence-electron chi connectivity index (χ1n) is 5.38. The zero-order valence-electron chi connectivity index (χ0n) is 9.74. The van der Waals surface area contributed by atoms with E-state index >= 15 is 0 Å². The van der Waals surface area contributed by atoms with Crippen LogP contribution >= 0.6 is 15.9 Å². The summed E-state index contributed by atoms with van der Waals surface area (Å²) >= 11 is 2.99. The SMILES string of the molecule is CC(CCNC(=O)c1cccc(Br)c1F)C(=O)O. The van der Waals surface area contributed by atoms with E-state index in [1.165, 1.54) is 12.1 Å². The minimum Gasteiger partial charge on any atom is -0.481 e. The highest BCUT2D eigenvalue weighted by molar-refractivity contribution is 9.10. The lowest BCUT2D eigenvalue weighted by molar-refractivity contribution is -0.141. The van der Waals surface area contributed by atoms with E-state index in [0.29, 0.717) is 6.42 Å². The fourth-order valence-electron chi connectivity index (χ4n) is 1.30. The van der Waals surface area contributed by atoms with E-state index < -0.39 is 23.6 Å². The van der Waals surface area contributed by atoms with Crippen LogP contribution in [-0.4, -0.2) is 23.5 Å². The van der Waals surface area contributed by atoms with Gasteiger partial charge in [0.1, 0.15) is 5.82 Å². The molecule has 1 aromatic carbocycles. The number of rotatable bonds is 5. The number of aliphatic carboxylic acids is 1. The van der Waals surface area contributed by atoms with Gasteiger partial charge in [-0.3, -0.25) is 9.59 Å². The Morgan fingerprint density at radius 2 is 2.17 bits per heavy atom. The number of halogens is 2. The predicted octanol–water partition coefficient (Wildman–Crippen LogP) is 2.43. The van der Waals surface area contributed by atoms with Crippen LogP contribution in [0.4, 0.5) is 4.39 Å². The summed E-state index contributed by atoms with van der Waals surface area (Å²) in [5, 5.41) is 11.2. The quantitative estimate of drug-likeness (QED) is 0.876. The van der Waals surface area contributed by atoms with Gasteiger partial charge in [0, 0.05) is 6.54 Å². The molecule has 98 valence electrons. The van der Waals surface area contributed by atoms with Crippen molar-refractivity contribution < 1.29 is 19.1 Å². The number of carbonyl (C=O) groups is 2. The molecule has 2 N–H and O–H groups in total. The lowest BCUT2D eigenvalue weighted by Gasteiger charge is -2.08. The van der Waals surface area contributed by atoms with Crippen LogP contribution in [0.25, 0.3) is 0 Å². The molecule has 0 bridgehead atoms. The van der Waals surface area contributed by atoms with Crippen molar-refractivity contribution in [2.75, 3.05) is 6.54 Å². The van der Waals surface area contributed by atoms with Crippen LogP contribution in [-0.2, 0) is 4.79 Å². The number of hydrogen-bond donors (Lipinski definition) is 2. The smallest absolute Gasteiger partial charge is 0.306 e. The molecule has 0 aromatic heterocycles. The molecule has 1 rings (SSSR count). The van der Waals surface area contributed by atoms with Crippen LogP contribution in [0, 0.1) is 11.7 Å². The summed E-state index contributed by atoms with van der Waals surface area (Å²) in [5.41, 5.74) is -0.0626. The Hall–Kier alpha value is -1.43. The Balaban J connectivity index is 2.56. The molecule has 0 saturated carbocycles. The summed E-state index contributed by atoms with van der Waals surface area (Å²) in [6.45, 7) is 1.74. The zero-order valence-corrected chi connectivity index (χ0v) is 11.3. The van der Waals surface area contributed by atoms with Crippen LogP contribution in [0.3, 0.4) is 0 Å². The highest BCUT2D eigenvalue weighted by Crippen LogP contribution is 2.18. The van der Waals surface area contributed by atoms with Crippen LogP contribution < -0.4 is 5.32 Å². The number of nitrogens with one attached hydrogen (secondary N) is 1. The molecule has 0 aliphatic heterocycles. The van der Waals surface area contributed by atoms with E-state index in [9.17, 15) is 14.0 Å². The van der Waals surface area contributed by atoms with Crippen molar-refractivity contribution in [3.05, 3.63) is 34.1 Å². The zero-order chi connectivity index (χ0) is 13.7. The minimum atomic E-state index is -0.919. The normalized spacial score (nSPS) is 11.9. The van der Waals surface area contributed by atoms with Gasteiger partial charge in [-0.15, -0.1) is 0 Å². The highest BCUT2D eigenvalue weighted by Gasteiger charge is 2.15. The van der Waals surface area contributed by atoms with Gasteiger partial charge in [0.15, 0.2) is 0 Å². The van der Waals surface area contributed by atoms with Crippen molar-refractivity contribution in [1.29, 1.82) is 0 Å². The number of carbonyl (C=O) groups excluding carboxylic acids is 1. The molecule has 18 heavy (non-hydrogen) atoms. The lowest BCUT2D eigenvalue weighted by Crippen LogP contribution is -2.27. The summed E-state index contributed by atoms with van der Waals surface area (Å²) < 4.78 is 13.8. The third-order valence-corrected chi connectivity index (χ3v) is 3.09. The summed E-state index contributed by atoms with van der Waals surface area (Å²) in [5.74, 6) is -2.64. The van der Waals surface area contributed by atoms with E-state index in [1.54, 1.807) is 13.0 Å². The van der Waals surface area contributed by atoms with Crippen molar-refractivity contribution in [3.8, 4) is 0 Å². The molecule has 6 heteroatoms. The predicted molar refractivity (Wildman–Crippen MR) is 67.9 cm³/mol. The van der Waals surface area contributed by atoms with Gasteiger partial charge >= 0.3 is 5.97 Å². The van der Waals surface area contributed by atoms with Gasteiger partial charge in [-0.1, -0.05) is 13.0 Å². The summed E-state index contributed by atoms with van der Waals surface area (Å²) in [4.78, 5) is 22.2. The topological polar surface area (TPSA) is 66.4 Å². The second-order valence-corrected chi connectivity index (χ2v) is 4.74. The van der Waals surface area contributed by atoms with Gasteiger partial charge < -0.3 is 10.4 Å². The molecule has 0 saturated heterocycles. The van der Waals surface area contributed by atoms with Gasteiger partial charge in [-0.2, -0.15) is 0 Å². The van der Waals surface area contributed by atoms with E-state index in [4.69, 9.17) is 5.11 Å². The van der Waals surface area contributed by atoms with Gasteiger partial charge in [0.05, 0.1) is 16.0 Å². The molecule has 0 aliphatic carbocycles. The third kappa shape index (κ3) is 3.80. The van der Waals surface area contributed by atoms with Gasteiger partial charge in [-0.05, 0) is 34.5 Å². The van der Waals surface area contributed by atoms with Gasteiger partial charge in [-0.25, -0.2) is 4.39 Å². The number of hydrogen-bond acceptors (Lipinski definition) is 2. The maximum Gasteiger partial charge on any atom is 0.306 e. The molecule has 0 fully saturated rings. The lowest BCUT2D eigenvalue weighted by atomic mass is 10.1. The largest absolute Gasteiger partial charge is 0.481 e. The van der Waals surface area contributed by atoms with E-state index in [0.717, 1.165) is 0 Å². The van der Waals surface area contributed by atoms with Gasteiger partial charge in [0.25, 0.3) is 5.91 Å². The van der Waals surface area contributed by atoms with Gasteiger partial charge in [0.2, 0.25) is 0 Å². The second kappa shape index (κ2) is 6.49. The maximum absolute atomic E-state index is 13.6. The maximum atomic E-state index is 13.6. The average Bonchev–Trinajstić information content (AvgIpc) is 2.32. The summed E-state index contributed by atoms with van der Waals surface area (Å²) in [6.07, 6.45) is 0.302. The van der Waals surface area contributed by atoms with Crippen LogP contribution in [0.1, 0.15) is 23.7 Å². The first-order chi connectivity index (χ1) is 8.43. The van der Waals surface area contributed by atoms with Crippen molar-refractivity contribution >= 4 is 27.8 Å². The first-order valence-corrected chi connectivity index (χ1v) is 6.17.